The van der Waals surface area contributed by atoms with Crippen LogP contribution in [0.1, 0.15) is 17.9 Å². The molecule has 2 fully saturated rings. The van der Waals surface area contributed by atoms with Crippen molar-refractivity contribution < 1.29 is 23.1 Å². The molecule has 9 heteroatoms. The fourth-order valence-corrected chi connectivity index (χ4v) is 5.56. The summed E-state index contributed by atoms with van der Waals surface area (Å²) in [6.45, 7) is 1.62. The van der Waals surface area contributed by atoms with Crippen molar-refractivity contribution in [2.24, 2.45) is 0 Å². The zero-order valence-corrected chi connectivity index (χ0v) is 17.5. The van der Waals surface area contributed by atoms with Crippen LogP contribution in [0.4, 0.5) is 5.69 Å². The molecule has 4 rings (SSSR count). The van der Waals surface area contributed by atoms with Gasteiger partial charge < -0.3 is 14.7 Å². The molecule has 2 aliphatic rings. The molecule has 0 bridgehead atoms. The molecule has 0 amide bonds. The molecule has 8 nitrogen and oxygen atoms in total. The number of benzene rings is 2. The molecule has 30 heavy (non-hydrogen) atoms. The van der Waals surface area contributed by atoms with Gasteiger partial charge in [-0.2, -0.15) is 17.4 Å². The number of rotatable bonds is 7. The van der Waals surface area contributed by atoms with E-state index >= 15 is 0 Å². The van der Waals surface area contributed by atoms with Gasteiger partial charge in [-0.05, 0) is 36.2 Å². The maximum Gasteiger partial charge on any atom is 0.325 e. The Kier molecular flexibility index (Phi) is 5.44. The number of nitrogens with one attached hydrogen (secondary N) is 1. The van der Waals surface area contributed by atoms with E-state index in [1.807, 2.05) is 54.6 Å². The Bertz CT molecular complexity index is 1000. The summed E-state index contributed by atoms with van der Waals surface area (Å²) in [5.74, 6) is -0.746. The molecule has 2 N–H and O–H groups in total. The standard InChI is InChI=1S/C21H25N3O5S/c1-29-18-9-7-17(8-10-18)23-11-13-24(14-12-23)30(27,28)22-21(20(25)26)15-19(21)16-5-3-2-4-6-16/h2-10,19,22H,11-15H2,1H3,(H,25,26)/t19-,21?/m0/s1. The van der Waals surface area contributed by atoms with Crippen molar-refractivity contribution in [2.45, 2.75) is 17.9 Å². The number of hydrogen-bond acceptors (Lipinski definition) is 5. The zero-order chi connectivity index (χ0) is 21.4. The van der Waals surface area contributed by atoms with Crippen LogP contribution in [0.5, 0.6) is 5.75 Å². The van der Waals surface area contributed by atoms with E-state index in [4.69, 9.17) is 4.74 Å². The van der Waals surface area contributed by atoms with Crippen molar-refractivity contribution in [3.8, 4) is 5.75 Å². The maximum absolute atomic E-state index is 13.0. The van der Waals surface area contributed by atoms with Gasteiger partial charge in [-0.15, -0.1) is 0 Å². The molecule has 1 aliphatic carbocycles. The normalized spacial score (nSPS) is 24.4. The number of hydrogen-bond donors (Lipinski definition) is 2. The number of carboxylic acids is 1. The van der Waals surface area contributed by atoms with Gasteiger partial charge in [0, 0.05) is 37.8 Å². The van der Waals surface area contributed by atoms with Gasteiger partial charge in [-0.25, -0.2) is 0 Å². The van der Waals surface area contributed by atoms with Crippen LogP contribution < -0.4 is 14.4 Å². The minimum absolute atomic E-state index is 0.247. The largest absolute Gasteiger partial charge is 0.497 e. The van der Waals surface area contributed by atoms with Gasteiger partial charge >= 0.3 is 5.97 Å². The highest BCUT2D eigenvalue weighted by atomic mass is 32.2. The molecule has 2 aromatic rings. The number of carbonyl (C=O) groups is 1. The van der Waals surface area contributed by atoms with Crippen molar-refractivity contribution in [3.63, 3.8) is 0 Å². The molecular weight excluding hydrogens is 406 g/mol. The Balaban J connectivity index is 1.42. The first-order valence-electron chi connectivity index (χ1n) is 9.82. The number of ether oxygens (including phenoxy) is 1. The highest BCUT2D eigenvalue weighted by Crippen LogP contribution is 2.52. The summed E-state index contributed by atoms with van der Waals surface area (Å²) in [5.41, 5.74) is 0.342. The fraction of sp³-hybridized carbons (Fsp3) is 0.381. The minimum atomic E-state index is -3.92. The summed E-state index contributed by atoms with van der Waals surface area (Å²) >= 11 is 0. The van der Waals surface area contributed by atoms with Crippen LogP contribution in [0, 0.1) is 0 Å². The predicted molar refractivity (Wildman–Crippen MR) is 113 cm³/mol. The number of aliphatic carboxylic acids is 1. The number of nitrogens with zero attached hydrogens (tertiary/aromatic N) is 2. The first kappa shape index (κ1) is 20.6. The van der Waals surface area contributed by atoms with Crippen LogP contribution in [0.3, 0.4) is 0 Å². The Morgan fingerprint density at radius 1 is 1.07 bits per heavy atom. The fourth-order valence-electron chi connectivity index (χ4n) is 4.02. The van der Waals surface area contributed by atoms with Crippen molar-refractivity contribution >= 4 is 21.9 Å². The van der Waals surface area contributed by atoms with E-state index in [0.717, 1.165) is 17.0 Å². The Morgan fingerprint density at radius 2 is 1.70 bits per heavy atom. The topological polar surface area (TPSA) is 99.2 Å². The first-order valence-corrected chi connectivity index (χ1v) is 11.3. The molecular formula is C21H25N3O5S. The number of piperazine rings is 1. The van der Waals surface area contributed by atoms with Crippen LogP contribution in [0.25, 0.3) is 0 Å². The quantitative estimate of drug-likeness (QED) is 0.692. The molecule has 1 aliphatic heterocycles. The van der Waals surface area contributed by atoms with Crippen molar-refractivity contribution in [2.75, 3.05) is 38.2 Å². The van der Waals surface area contributed by atoms with E-state index in [1.54, 1.807) is 7.11 Å². The summed E-state index contributed by atoms with van der Waals surface area (Å²) in [6, 6.07) is 16.8. The third kappa shape index (κ3) is 3.88. The Morgan fingerprint density at radius 3 is 2.27 bits per heavy atom. The van der Waals surface area contributed by atoms with Gasteiger partial charge in [0.2, 0.25) is 0 Å². The van der Waals surface area contributed by atoms with Gasteiger partial charge in [0.1, 0.15) is 11.3 Å². The van der Waals surface area contributed by atoms with Crippen LogP contribution in [-0.2, 0) is 15.0 Å². The highest BCUT2D eigenvalue weighted by Gasteiger charge is 2.63. The molecule has 1 saturated heterocycles. The number of anilines is 1. The Hall–Kier alpha value is -2.62. The van der Waals surface area contributed by atoms with Gasteiger partial charge in [0.05, 0.1) is 7.11 Å². The van der Waals surface area contributed by atoms with E-state index < -0.39 is 21.7 Å². The molecule has 0 aromatic heterocycles. The van der Waals surface area contributed by atoms with Crippen LogP contribution in [0.2, 0.25) is 0 Å². The molecule has 1 heterocycles. The molecule has 0 spiro atoms. The third-order valence-electron chi connectivity index (χ3n) is 5.87. The van der Waals surface area contributed by atoms with Crippen LogP contribution >= 0.6 is 0 Å². The monoisotopic (exact) mass is 431 g/mol. The second-order valence-electron chi connectivity index (χ2n) is 7.64. The molecule has 1 unspecified atom stereocenters. The first-order chi connectivity index (χ1) is 14.4. The number of methoxy groups -OCH3 is 1. The van der Waals surface area contributed by atoms with Gasteiger partial charge in [-0.1, -0.05) is 30.3 Å². The average Bonchev–Trinajstić information content (AvgIpc) is 3.49. The van der Waals surface area contributed by atoms with Crippen LogP contribution in [-0.4, -0.2) is 62.6 Å². The van der Waals surface area contributed by atoms with Gasteiger partial charge in [0.25, 0.3) is 10.2 Å². The predicted octanol–water partition coefficient (Wildman–Crippen LogP) is 1.66. The molecule has 2 aromatic carbocycles. The van der Waals surface area contributed by atoms with E-state index in [0.29, 0.717) is 13.1 Å². The maximum atomic E-state index is 13.0. The zero-order valence-electron chi connectivity index (χ0n) is 16.7. The van der Waals surface area contributed by atoms with Gasteiger partial charge in [0.15, 0.2) is 0 Å². The van der Waals surface area contributed by atoms with Crippen molar-refractivity contribution in [1.82, 2.24) is 9.03 Å². The van der Waals surface area contributed by atoms with Crippen LogP contribution in [0.15, 0.2) is 54.6 Å². The summed E-state index contributed by atoms with van der Waals surface area (Å²) in [7, 11) is -2.32. The summed E-state index contributed by atoms with van der Waals surface area (Å²) in [5, 5.41) is 9.77. The summed E-state index contributed by atoms with van der Waals surface area (Å²) in [6.07, 6.45) is 0.247. The Labute approximate surface area is 176 Å². The van der Waals surface area contributed by atoms with E-state index in [2.05, 4.69) is 9.62 Å². The highest BCUT2D eigenvalue weighted by molar-refractivity contribution is 7.87. The lowest BCUT2D eigenvalue weighted by Gasteiger charge is -2.36. The van der Waals surface area contributed by atoms with Crippen molar-refractivity contribution in [3.05, 3.63) is 60.2 Å². The van der Waals surface area contributed by atoms with Gasteiger partial charge in [-0.3, -0.25) is 4.79 Å². The summed E-state index contributed by atoms with van der Waals surface area (Å²) in [4.78, 5) is 14.1. The van der Waals surface area contributed by atoms with Crippen molar-refractivity contribution in [1.29, 1.82) is 0 Å². The lowest BCUT2D eigenvalue weighted by Crippen LogP contribution is -2.56. The second kappa shape index (κ2) is 7.90. The third-order valence-corrected chi connectivity index (χ3v) is 7.54. The second-order valence-corrected chi connectivity index (χ2v) is 9.31. The molecule has 1 saturated carbocycles. The lowest BCUT2D eigenvalue weighted by atomic mass is 10.1. The van der Waals surface area contributed by atoms with E-state index in [9.17, 15) is 18.3 Å². The minimum Gasteiger partial charge on any atom is -0.497 e. The smallest absolute Gasteiger partial charge is 0.325 e. The van der Waals surface area contributed by atoms with E-state index in [1.165, 1.54) is 4.31 Å². The van der Waals surface area contributed by atoms with E-state index in [-0.39, 0.29) is 25.4 Å². The molecule has 2 atom stereocenters. The average molecular weight is 432 g/mol. The lowest BCUT2D eigenvalue weighted by molar-refractivity contribution is -0.140. The molecule has 160 valence electrons. The SMILES string of the molecule is COc1ccc(N2CCN(S(=O)(=O)NC3(C(=O)O)C[C@H]3c3ccccc3)CC2)cc1. The summed E-state index contributed by atoms with van der Waals surface area (Å²) < 4.78 is 34.9. The molecule has 0 radical (unpaired) electrons. The number of carboxylic acid groups (broad SMARTS) is 1.